The lowest BCUT2D eigenvalue weighted by atomic mass is 10.2. The van der Waals surface area contributed by atoms with Gasteiger partial charge in [-0.3, -0.25) is 4.90 Å². The molecule has 0 amide bonds. The first-order valence-electron chi connectivity index (χ1n) is 6.23. The van der Waals surface area contributed by atoms with Crippen molar-refractivity contribution in [3.63, 3.8) is 0 Å². The summed E-state index contributed by atoms with van der Waals surface area (Å²) in [6.45, 7) is 5.17. The molecule has 1 aromatic carbocycles. The molecule has 0 saturated carbocycles. The number of hydrogen-bond donors (Lipinski definition) is 2. The van der Waals surface area contributed by atoms with Gasteiger partial charge in [0.1, 0.15) is 0 Å². The molecule has 2 rings (SSSR count). The molecule has 1 saturated heterocycles. The summed E-state index contributed by atoms with van der Waals surface area (Å²) in [5.41, 5.74) is 7.83. The average Bonchev–Trinajstić information content (AvgIpc) is 2.55. The predicted octanol–water partition coefficient (Wildman–Crippen LogP) is 0.773. The molecule has 0 unspecified atom stereocenters. The highest BCUT2D eigenvalue weighted by molar-refractivity contribution is 5.55. The van der Waals surface area contributed by atoms with E-state index < -0.39 is 0 Å². The van der Waals surface area contributed by atoms with Crippen molar-refractivity contribution in [3.05, 3.63) is 24.3 Å². The van der Waals surface area contributed by atoms with E-state index in [-0.39, 0.29) is 6.61 Å². The third-order valence-corrected chi connectivity index (χ3v) is 3.24. The zero-order valence-corrected chi connectivity index (χ0v) is 10.2. The fourth-order valence-corrected chi connectivity index (χ4v) is 2.32. The standard InChI is InChI=1S/C13H21N3O/c14-12-3-1-4-13(11-12)16-6-2-5-15(7-8-16)9-10-17/h1,3-4,11,17H,2,5-10,14H2. The smallest absolute Gasteiger partial charge is 0.0558 e. The minimum absolute atomic E-state index is 0.248. The third-order valence-electron chi connectivity index (χ3n) is 3.24. The van der Waals surface area contributed by atoms with Crippen LogP contribution in [0.15, 0.2) is 24.3 Å². The maximum Gasteiger partial charge on any atom is 0.0558 e. The Kier molecular flexibility index (Phi) is 4.23. The van der Waals surface area contributed by atoms with Gasteiger partial charge in [-0.05, 0) is 31.2 Å². The molecule has 4 heteroatoms. The molecule has 17 heavy (non-hydrogen) atoms. The summed E-state index contributed by atoms with van der Waals surface area (Å²) in [5, 5.41) is 8.96. The lowest BCUT2D eigenvalue weighted by Crippen LogP contribution is -2.32. The molecule has 1 aliphatic rings. The highest BCUT2D eigenvalue weighted by Crippen LogP contribution is 2.19. The first-order valence-corrected chi connectivity index (χ1v) is 6.23. The van der Waals surface area contributed by atoms with Crippen molar-refractivity contribution >= 4 is 11.4 Å². The van der Waals surface area contributed by atoms with Crippen molar-refractivity contribution in [2.45, 2.75) is 6.42 Å². The van der Waals surface area contributed by atoms with E-state index in [0.717, 1.165) is 44.8 Å². The molecule has 1 fully saturated rings. The molecule has 1 heterocycles. The van der Waals surface area contributed by atoms with E-state index in [0.29, 0.717) is 0 Å². The topological polar surface area (TPSA) is 52.7 Å². The van der Waals surface area contributed by atoms with Crippen LogP contribution < -0.4 is 10.6 Å². The van der Waals surface area contributed by atoms with Gasteiger partial charge in [0.05, 0.1) is 6.61 Å². The number of nitrogen functional groups attached to an aromatic ring is 1. The third kappa shape index (κ3) is 3.35. The second-order valence-electron chi connectivity index (χ2n) is 4.50. The van der Waals surface area contributed by atoms with E-state index in [9.17, 15) is 0 Å². The van der Waals surface area contributed by atoms with Gasteiger partial charge in [-0.15, -0.1) is 0 Å². The van der Waals surface area contributed by atoms with Crippen LogP contribution in [0.5, 0.6) is 0 Å². The number of nitrogens with two attached hydrogens (primary N) is 1. The fourth-order valence-electron chi connectivity index (χ4n) is 2.32. The number of anilines is 2. The largest absolute Gasteiger partial charge is 0.399 e. The van der Waals surface area contributed by atoms with Crippen molar-refractivity contribution in [2.24, 2.45) is 0 Å². The summed E-state index contributed by atoms with van der Waals surface area (Å²) in [5.74, 6) is 0. The maximum atomic E-state index is 8.96. The molecule has 0 aliphatic carbocycles. The van der Waals surface area contributed by atoms with Crippen LogP contribution in [-0.2, 0) is 0 Å². The van der Waals surface area contributed by atoms with Gasteiger partial charge in [0.25, 0.3) is 0 Å². The predicted molar refractivity (Wildman–Crippen MR) is 71.2 cm³/mol. The van der Waals surface area contributed by atoms with Crippen LogP contribution in [-0.4, -0.2) is 49.3 Å². The molecule has 0 bridgehead atoms. The highest BCUT2D eigenvalue weighted by Gasteiger charge is 2.14. The Morgan fingerprint density at radius 2 is 2.06 bits per heavy atom. The van der Waals surface area contributed by atoms with Crippen LogP contribution in [0.4, 0.5) is 11.4 Å². The Labute approximate surface area is 103 Å². The van der Waals surface area contributed by atoms with E-state index in [1.165, 1.54) is 5.69 Å². The summed E-state index contributed by atoms with van der Waals surface area (Å²) >= 11 is 0. The van der Waals surface area contributed by atoms with Gasteiger partial charge in [0.15, 0.2) is 0 Å². The lowest BCUT2D eigenvalue weighted by Gasteiger charge is -2.23. The summed E-state index contributed by atoms with van der Waals surface area (Å²) in [6.07, 6.45) is 1.13. The first kappa shape index (κ1) is 12.2. The summed E-state index contributed by atoms with van der Waals surface area (Å²) < 4.78 is 0. The Bertz CT molecular complexity index is 356. The van der Waals surface area contributed by atoms with Gasteiger partial charge in [-0.1, -0.05) is 6.07 Å². The second kappa shape index (κ2) is 5.89. The van der Waals surface area contributed by atoms with E-state index in [2.05, 4.69) is 15.9 Å². The highest BCUT2D eigenvalue weighted by atomic mass is 16.3. The minimum Gasteiger partial charge on any atom is -0.399 e. The molecule has 4 nitrogen and oxygen atoms in total. The normalized spacial score (nSPS) is 18.1. The molecular weight excluding hydrogens is 214 g/mol. The summed E-state index contributed by atoms with van der Waals surface area (Å²) in [7, 11) is 0. The van der Waals surface area contributed by atoms with Gasteiger partial charge < -0.3 is 15.7 Å². The van der Waals surface area contributed by atoms with Gasteiger partial charge in [-0.25, -0.2) is 0 Å². The number of hydrogen-bond acceptors (Lipinski definition) is 4. The van der Waals surface area contributed by atoms with Crippen LogP contribution >= 0.6 is 0 Å². The zero-order chi connectivity index (χ0) is 12.1. The second-order valence-corrected chi connectivity index (χ2v) is 4.50. The first-order chi connectivity index (χ1) is 8.29. The number of nitrogens with zero attached hydrogens (tertiary/aromatic N) is 2. The summed E-state index contributed by atoms with van der Waals surface area (Å²) in [4.78, 5) is 4.68. The Balaban J connectivity index is 1.99. The summed E-state index contributed by atoms with van der Waals surface area (Å²) in [6, 6.07) is 8.06. The fraction of sp³-hybridized carbons (Fsp3) is 0.538. The van der Waals surface area contributed by atoms with Gasteiger partial charge in [0, 0.05) is 37.6 Å². The number of aliphatic hydroxyl groups excluding tert-OH is 1. The molecule has 1 aromatic rings. The molecule has 94 valence electrons. The zero-order valence-electron chi connectivity index (χ0n) is 10.2. The molecule has 0 aromatic heterocycles. The van der Waals surface area contributed by atoms with Crippen molar-refractivity contribution in [1.29, 1.82) is 0 Å². The molecule has 0 radical (unpaired) electrons. The monoisotopic (exact) mass is 235 g/mol. The molecule has 3 N–H and O–H groups in total. The van der Waals surface area contributed by atoms with E-state index in [4.69, 9.17) is 10.8 Å². The van der Waals surface area contributed by atoms with Crippen molar-refractivity contribution in [1.82, 2.24) is 4.90 Å². The SMILES string of the molecule is Nc1cccc(N2CCCN(CCO)CC2)c1. The molecule has 0 spiro atoms. The number of rotatable bonds is 3. The average molecular weight is 235 g/mol. The Morgan fingerprint density at radius 3 is 2.82 bits per heavy atom. The van der Waals surface area contributed by atoms with Gasteiger partial charge in [-0.2, -0.15) is 0 Å². The molecular formula is C13H21N3O. The van der Waals surface area contributed by atoms with Crippen molar-refractivity contribution in [2.75, 3.05) is 50.0 Å². The van der Waals surface area contributed by atoms with E-state index in [1.807, 2.05) is 18.2 Å². The Morgan fingerprint density at radius 1 is 1.18 bits per heavy atom. The van der Waals surface area contributed by atoms with Gasteiger partial charge >= 0.3 is 0 Å². The molecule has 0 atom stereocenters. The van der Waals surface area contributed by atoms with E-state index >= 15 is 0 Å². The van der Waals surface area contributed by atoms with Crippen LogP contribution in [0, 0.1) is 0 Å². The Hall–Kier alpha value is -1.26. The maximum absolute atomic E-state index is 8.96. The van der Waals surface area contributed by atoms with Crippen molar-refractivity contribution in [3.8, 4) is 0 Å². The number of benzene rings is 1. The van der Waals surface area contributed by atoms with Crippen LogP contribution in [0.25, 0.3) is 0 Å². The van der Waals surface area contributed by atoms with Crippen LogP contribution in [0.2, 0.25) is 0 Å². The minimum atomic E-state index is 0.248. The van der Waals surface area contributed by atoms with Gasteiger partial charge in [0.2, 0.25) is 0 Å². The van der Waals surface area contributed by atoms with E-state index in [1.54, 1.807) is 0 Å². The molecule has 1 aliphatic heterocycles. The number of β-amino-alcohol motifs (C(OH)–C–C–N with tert-alkyl or cyclic N) is 1. The van der Waals surface area contributed by atoms with Crippen molar-refractivity contribution < 1.29 is 5.11 Å². The van der Waals surface area contributed by atoms with Crippen LogP contribution in [0.3, 0.4) is 0 Å². The quantitative estimate of drug-likeness (QED) is 0.760. The van der Waals surface area contributed by atoms with Crippen LogP contribution in [0.1, 0.15) is 6.42 Å². The number of aliphatic hydroxyl groups is 1. The lowest BCUT2D eigenvalue weighted by molar-refractivity contribution is 0.204.